The van der Waals surface area contributed by atoms with Crippen molar-refractivity contribution in [2.75, 3.05) is 19.0 Å². The predicted octanol–water partition coefficient (Wildman–Crippen LogP) is 4.62. The summed E-state index contributed by atoms with van der Waals surface area (Å²) in [5, 5.41) is 1.98. The van der Waals surface area contributed by atoms with Crippen LogP contribution in [0.3, 0.4) is 0 Å². The van der Waals surface area contributed by atoms with Crippen LogP contribution in [-0.4, -0.2) is 14.1 Å². The maximum absolute atomic E-state index is 6.08. The lowest BCUT2D eigenvalue weighted by Crippen LogP contribution is -2.28. The Morgan fingerprint density at radius 2 is 1.77 bits per heavy atom. The van der Waals surface area contributed by atoms with Crippen molar-refractivity contribution in [2.45, 2.75) is 0 Å². The molecule has 1 aromatic heterocycles. The van der Waals surface area contributed by atoms with Crippen molar-refractivity contribution in [2.24, 2.45) is 7.05 Å². The number of hydrogen-bond donors (Lipinski definition) is 0. The second-order valence-electron chi connectivity index (χ2n) is 5.43. The van der Waals surface area contributed by atoms with E-state index in [0.717, 1.165) is 5.02 Å². The maximum Gasteiger partial charge on any atom is 0.262 e. The molecule has 0 N–H and O–H groups in total. The van der Waals surface area contributed by atoms with Gasteiger partial charge in [0.2, 0.25) is 5.52 Å². The highest BCUT2D eigenvalue weighted by Crippen LogP contribution is 2.24. The minimum absolute atomic E-state index is 0.774. The molecule has 2 aromatic carbocycles. The van der Waals surface area contributed by atoms with Gasteiger partial charge in [0, 0.05) is 36.9 Å². The number of rotatable bonds is 3. The molecule has 0 spiro atoms. The van der Waals surface area contributed by atoms with Crippen LogP contribution < -0.4 is 9.47 Å². The Morgan fingerprint density at radius 1 is 1.05 bits per heavy atom. The number of benzene rings is 2. The van der Waals surface area contributed by atoms with Crippen molar-refractivity contribution in [3.05, 3.63) is 58.1 Å². The number of anilines is 1. The number of thiazole rings is 1. The molecule has 0 aliphatic heterocycles. The summed E-state index contributed by atoms with van der Waals surface area (Å²) in [5.41, 5.74) is 3.57. The topological polar surface area (TPSA) is 7.12 Å². The third-order valence-corrected chi connectivity index (χ3v) is 5.07. The molecule has 4 heteroatoms. The minimum Gasteiger partial charge on any atom is -0.378 e. The van der Waals surface area contributed by atoms with Gasteiger partial charge in [-0.2, -0.15) is 4.57 Å². The Labute approximate surface area is 139 Å². The largest absolute Gasteiger partial charge is 0.378 e. The second-order valence-corrected chi connectivity index (χ2v) is 6.93. The van der Waals surface area contributed by atoms with E-state index in [2.05, 4.69) is 59.0 Å². The molecule has 0 atom stereocenters. The standard InChI is InChI=1S/C18H18ClN2S/c1-20(2)15-8-4-13(5-9-15)6-11-18-21(3)16-12-14(19)7-10-17(16)22-18/h4-12H,1-3H3/q+1. The first kappa shape index (κ1) is 15.1. The Bertz CT molecular complexity index is 832. The highest BCUT2D eigenvalue weighted by atomic mass is 35.5. The average Bonchev–Trinajstić information content (AvgIpc) is 2.82. The van der Waals surface area contributed by atoms with Crippen molar-refractivity contribution in [3.8, 4) is 0 Å². The first-order valence-corrected chi connectivity index (χ1v) is 8.27. The second kappa shape index (κ2) is 6.11. The Balaban J connectivity index is 1.90. The molecule has 0 radical (unpaired) electrons. The first-order chi connectivity index (χ1) is 10.5. The summed E-state index contributed by atoms with van der Waals surface area (Å²) in [6.07, 6.45) is 4.30. The van der Waals surface area contributed by atoms with Crippen molar-refractivity contribution in [1.29, 1.82) is 0 Å². The predicted molar refractivity (Wildman–Crippen MR) is 97.7 cm³/mol. The van der Waals surface area contributed by atoms with Crippen molar-refractivity contribution in [1.82, 2.24) is 0 Å². The highest BCUT2D eigenvalue weighted by molar-refractivity contribution is 7.18. The summed E-state index contributed by atoms with van der Waals surface area (Å²) >= 11 is 7.85. The molecule has 3 aromatic rings. The number of halogens is 1. The van der Waals surface area contributed by atoms with Crippen LogP contribution in [0.1, 0.15) is 10.6 Å². The van der Waals surface area contributed by atoms with E-state index < -0.39 is 0 Å². The molecule has 2 nitrogen and oxygen atoms in total. The van der Waals surface area contributed by atoms with Gasteiger partial charge in [0.15, 0.2) is 0 Å². The summed E-state index contributed by atoms with van der Waals surface area (Å²) in [4.78, 5) is 2.10. The van der Waals surface area contributed by atoms with Crippen LogP contribution in [-0.2, 0) is 7.05 Å². The molecule has 22 heavy (non-hydrogen) atoms. The fourth-order valence-electron chi connectivity index (χ4n) is 2.34. The van der Waals surface area contributed by atoms with Gasteiger partial charge >= 0.3 is 0 Å². The molecule has 0 fully saturated rings. The van der Waals surface area contributed by atoms with Gasteiger partial charge in [0.1, 0.15) is 11.7 Å². The summed E-state index contributed by atoms with van der Waals surface area (Å²) in [6.45, 7) is 0. The first-order valence-electron chi connectivity index (χ1n) is 7.08. The van der Waals surface area contributed by atoms with Gasteiger partial charge in [0.25, 0.3) is 5.01 Å². The number of aryl methyl sites for hydroxylation is 1. The SMILES string of the molecule is CN(C)c1ccc(C=Cc2sc3ccc(Cl)cc3[n+]2C)cc1. The summed E-state index contributed by atoms with van der Waals surface area (Å²) in [6, 6.07) is 14.6. The Morgan fingerprint density at radius 3 is 2.45 bits per heavy atom. The normalized spacial score (nSPS) is 11.5. The van der Waals surface area contributed by atoms with Crippen LogP contribution in [0.25, 0.3) is 22.4 Å². The third-order valence-electron chi connectivity index (χ3n) is 3.66. The van der Waals surface area contributed by atoms with Crippen LogP contribution in [0.4, 0.5) is 5.69 Å². The quantitative estimate of drug-likeness (QED) is 0.636. The van der Waals surface area contributed by atoms with E-state index in [1.807, 2.05) is 26.2 Å². The zero-order valence-electron chi connectivity index (χ0n) is 12.9. The summed E-state index contributed by atoms with van der Waals surface area (Å²) < 4.78 is 3.42. The Kier molecular flexibility index (Phi) is 4.19. The van der Waals surface area contributed by atoms with E-state index in [1.165, 1.54) is 26.5 Å². The van der Waals surface area contributed by atoms with E-state index in [4.69, 9.17) is 11.6 Å². The highest BCUT2D eigenvalue weighted by Gasteiger charge is 2.14. The van der Waals surface area contributed by atoms with Gasteiger partial charge in [-0.05, 0) is 35.9 Å². The maximum atomic E-state index is 6.08. The smallest absolute Gasteiger partial charge is 0.262 e. The van der Waals surface area contributed by atoms with Crippen LogP contribution in [0.2, 0.25) is 5.02 Å². The molecule has 112 valence electrons. The molecule has 3 rings (SSSR count). The fourth-order valence-corrected chi connectivity index (χ4v) is 3.54. The molecule has 1 heterocycles. The van der Waals surface area contributed by atoms with E-state index in [1.54, 1.807) is 11.3 Å². The van der Waals surface area contributed by atoms with Crippen LogP contribution in [0, 0.1) is 0 Å². The van der Waals surface area contributed by atoms with Crippen molar-refractivity contribution >= 4 is 51.0 Å². The van der Waals surface area contributed by atoms with Crippen molar-refractivity contribution < 1.29 is 4.57 Å². The molecule has 0 saturated carbocycles. The summed E-state index contributed by atoms with van der Waals surface area (Å²) in [7, 11) is 6.17. The van der Waals surface area contributed by atoms with E-state index in [-0.39, 0.29) is 0 Å². The average molecular weight is 330 g/mol. The molecule has 0 bridgehead atoms. The van der Waals surface area contributed by atoms with Crippen LogP contribution in [0.5, 0.6) is 0 Å². The molecule has 0 unspecified atom stereocenters. The van der Waals surface area contributed by atoms with Gasteiger partial charge in [0.05, 0.1) is 0 Å². The fraction of sp³-hybridized carbons (Fsp3) is 0.167. The third kappa shape index (κ3) is 3.01. The lowest BCUT2D eigenvalue weighted by molar-refractivity contribution is -0.642. The molecule has 0 saturated heterocycles. The molecule has 0 aliphatic carbocycles. The van der Waals surface area contributed by atoms with Gasteiger partial charge in [-0.1, -0.05) is 35.1 Å². The number of aromatic nitrogens is 1. The lowest BCUT2D eigenvalue weighted by atomic mass is 10.2. The monoisotopic (exact) mass is 329 g/mol. The number of hydrogen-bond acceptors (Lipinski definition) is 2. The van der Waals surface area contributed by atoms with E-state index in [0.29, 0.717) is 0 Å². The van der Waals surface area contributed by atoms with Gasteiger partial charge < -0.3 is 4.90 Å². The minimum atomic E-state index is 0.774. The van der Waals surface area contributed by atoms with E-state index >= 15 is 0 Å². The van der Waals surface area contributed by atoms with Crippen molar-refractivity contribution in [3.63, 3.8) is 0 Å². The number of nitrogens with zero attached hydrogens (tertiary/aromatic N) is 2. The summed E-state index contributed by atoms with van der Waals surface area (Å²) in [5.74, 6) is 0. The van der Waals surface area contributed by atoms with E-state index in [9.17, 15) is 0 Å². The molecule has 0 aliphatic rings. The molecule has 0 amide bonds. The van der Waals surface area contributed by atoms with Gasteiger partial charge in [-0.25, -0.2) is 0 Å². The zero-order valence-corrected chi connectivity index (χ0v) is 14.4. The number of fused-ring (bicyclic) bond motifs is 1. The molecular weight excluding hydrogens is 312 g/mol. The Hall–Kier alpha value is -1.84. The van der Waals surface area contributed by atoms with Gasteiger partial charge in [-0.3, -0.25) is 0 Å². The zero-order chi connectivity index (χ0) is 15.7. The van der Waals surface area contributed by atoms with Crippen LogP contribution >= 0.6 is 22.9 Å². The molecular formula is C18H18ClN2S+. The van der Waals surface area contributed by atoms with Crippen LogP contribution in [0.15, 0.2) is 42.5 Å². The lowest BCUT2D eigenvalue weighted by Gasteiger charge is -2.11. The van der Waals surface area contributed by atoms with Gasteiger partial charge in [-0.15, -0.1) is 0 Å².